The van der Waals surface area contributed by atoms with E-state index in [1.54, 1.807) is 18.2 Å². The highest BCUT2D eigenvalue weighted by molar-refractivity contribution is 6.45. The summed E-state index contributed by atoms with van der Waals surface area (Å²) in [7, 11) is 0. The van der Waals surface area contributed by atoms with Crippen molar-refractivity contribution in [2.24, 2.45) is 5.92 Å². The lowest BCUT2D eigenvalue weighted by Crippen LogP contribution is -2.41. The number of ether oxygens (including phenoxy) is 2. The third-order valence-electron chi connectivity index (χ3n) is 3.91. The van der Waals surface area contributed by atoms with Crippen molar-refractivity contribution in [1.29, 1.82) is 0 Å². The summed E-state index contributed by atoms with van der Waals surface area (Å²) >= 11 is 0. The van der Waals surface area contributed by atoms with Crippen LogP contribution in [0.25, 0.3) is 0 Å². The van der Waals surface area contributed by atoms with Crippen molar-refractivity contribution in [3.63, 3.8) is 0 Å². The summed E-state index contributed by atoms with van der Waals surface area (Å²) in [6.45, 7) is 3.64. The van der Waals surface area contributed by atoms with Gasteiger partial charge in [-0.05, 0) is 23.6 Å². The monoisotopic (exact) mass is 361 g/mol. The van der Waals surface area contributed by atoms with E-state index in [1.807, 2.05) is 13.8 Å². The van der Waals surface area contributed by atoms with Crippen molar-refractivity contribution in [2.45, 2.75) is 20.4 Å². The molecule has 0 bridgehead atoms. The molecule has 2 aliphatic heterocycles. The molecule has 1 fully saturated rings. The van der Waals surface area contributed by atoms with Crippen molar-refractivity contribution in [1.82, 2.24) is 15.1 Å². The molecule has 0 aliphatic carbocycles. The Morgan fingerprint density at radius 2 is 1.81 bits per heavy atom. The van der Waals surface area contributed by atoms with Crippen molar-refractivity contribution >= 4 is 23.8 Å². The van der Waals surface area contributed by atoms with Crippen LogP contribution in [-0.2, 0) is 20.9 Å². The molecule has 5 amide bonds. The van der Waals surface area contributed by atoms with Crippen LogP contribution in [0.3, 0.4) is 0 Å². The normalized spacial score (nSPS) is 16.0. The topological polar surface area (TPSA) is 105 Å². The minimum atomic E-state index is -0.978. The molecule has 1 aromatic rings. The molecular formula is C17H19N3O6. The zero-order chi connectivity index (χ0) is 18.8. The number of nitrogens with one attached hydrogen (secondary N) is 1. The van der Waals surface area contributed by atoms with Crippen molar-refractivity contribution < 1.29 is 28.7 Å². The quantitative estimate of drug-likeness (QED) is 0.584. The van der Waals surface area contributed by atoms with Crippen molar-refractivity contribution in [2.75, 3.05) is 19.9 Å². The summed E-state index contributed by atoms with van der Waals surface area (Å²) in [5.74, 6) is -1.16. The molecule has 2 heterocycles. The Labute approximate surface area is 149 Å². The maximum atomic E-state index is 12.2. The summed E-state index contributed by atoms with van der Waals surface area (Å²) in [4.78, 5) is 49.7. The molecule has 138 valence electrons. The molecule has 0 unspecified atom stereocenters. The second-order valence-corrected chi connectivity index (χ2v) is 6.45. The molecule has 1 N–H and O–H groups in total. The van der Waals surface area contributed by atoms with Gasteiger partial charge in [0.05, 0.1) is 0 Å². The number of fused-ring (bicyclic) bond motifs is 1. The molecule has 0 spiro atoms. The van der Waals surface area contributed by atoms with E-state index >= 15 is 0 Å². The average molecular weight is 361 g/mol. The molecule has 0 radical (unpaired) electrons. The fraction of sp³-hybridized carbons (Fsp3) is 0.412. The molecule has 0 aromatic heterocycles. The van der Waals surface area contributed by atoms with E-state index in [0.29, 0.717) is 16.4 Å². The number of amides is 5. The van der Waals surface area contributed by atoms with Crippen LogP contribution in [0, 0.1) is 5.92 Å². The molecule has 9 nitrogen and oxygen atoms in total. The maximum absolute atomic E-state index is 12.2. The van der Waals surface area contributed by atoms with Gasteiger partial charge in [-0.2, -0.15) is 0 Å². The number of urea groups is 1. The Hall–Kier alpha value is -3.10. The molecule has 1 aromatic carbocycles. The zero-order valence-corrected chi connectivity index (χ0v) is 14.5. The number of imide groups is 2. The summed E-state index contributed by atoms with van der Waals surface area (Å²) in [6.07, 6.45) is 0. The fourth-order valence-corrected chi connectivity index (χ4v) is 2.67. The first-order valence-corrected chi connectivity index (χ1v) is 8.19. The van der Waals surface area contributed by atoms with E-state index in [2.05, 4.69) is 5.32 Å². The number of carbonyl (C=O) groups excluding carboxylic acids is 4. The number of nitrogens with zero attached hydrogens (tertiary/aromatic N) is 2. The number of carbonyl (C=O) groups is 4. The Kier molecular flexibility index (Phi) is 4.79. The van der Waals surface area contributed by atoms with Gasteiger partial charge < -0.3 is 14.8 Å². The predicted octanol–water partition coefficient (Wildman–Crippen LogP) is 0.478. The van der Waals surface area contributed by atoms with Crippen LogP contribution in [0.15, 0.2) is 18.2 Å². The number of benzene rings is 1. The molecule has 0 atom stereocenters. The lowest BCUT2D eigenvalue weighted by molar-refractivity contribution is -0.144. The molecule has 1 saturated heterocycles. The third-order valence-corrected chi connectivity index (χ3v) is 3.91. The van der Waals surface area contributed by atoms with Crippen LogP contribution in [0.4, 0.5) is 4.79 Å². The number of rotatable bonds is 6. The summed E-state index contributed by atoms with van der Waals surface area (Å²) in [5.41, 5.74) is 0.777. The molecule has 2 aliphatic rings. The van der Waals surface area contributed by atoms with Gasteiger partial charge in [0.15, 0.2) is 11.5 Å². The standard InChI is InChI=1S/C17H19N3O6/c1-10(2)7-19-15(22)16(23)20(17(19)24)8-14(21)18-6-11-3-4-12-13(5-11)26-9-25-12/h3-5,10H,6-9H2,1-2H3,(H,18,21). The summed E-state index contributed by atoms with van der Waals surface area (Å²) < 4.78 is 10.5. The Morgan fingerprint density at radius 3 is 2.54 bits per heavy atom. The van der Waals surface area contributed by atoms with E-state index in [9.17, 15) is 19.2 Å². The second-order valence-electron chi connectivity index (χ2n) is 6.45. The Morgan fingerprint density at radius 1 is 1.12 bits per heavy atom. The Bertz CT molecular complexity index is 776. The van der Waals surface area contributed by atoms with Crippen LogP contribution in [0.5, 0.6) is 11.5 Å². The molecule has 3 rings (SSSR count). The van der Waals surface area contributed by atoms with Gasteiger partial charge in [0.2, 0.25) is 12.7 Å². The minimum absolute atomic E-state index is 0.0236. The average Bonchev–Trinajstić information content (AvgIpc) is 3.14. The third kappa shape index (κ3) is 3.46. The molecule has 0 saturated carbocycles. The van der Waals surface area contributed by atoms with E-state index < -0.39 is 30.3 Å². The zero-order valence-electron chi connectivity index (χ0n) is 14.5. The molecule has 9 heteroatoms. The highest BCUT2D eigenvalue weighted by Gasteiger charge is 2.45. The lowest BCUT2D eigenvalue weighted by atomic mass is 10.2. The summed E-state index contributed by atoms with van der Waals surface area (Å²) in [5, 5.41) is 2.62. The number of hydrogen-bond acceptors (Lipinski definition) is 6. The number of hydrogen-bond donors (Lipinski definition) is 1. The van der Waals surface area contributed by atoms with Gasteiger partial charge in [-0.25, -0.2) is 9.69 Å². The minimum Gasteiger partial charge on any atom is -0.454 e. The van der Waals surface area contributed by atoms with Gasteiger partial charge in [-0.15, -0.1) is 0 Å². The van der Waals surface area contributed by atoms with Gasteiger partial charge in [0, 0.05) is 13.1 Å². The second kappa shape index (κ2) is 7.03. The van der Waals surface area contributed by atoms with Gasteiger partial charge in [-0.1, -0.05) is 19.9 Å². The van der Waals surface area contributed by atoms with E-state index in [0.717, 1.165) is 10.5 Å². The van der Waals surface area contributed by atoms with E-state index in [4.69, 9.17) is 9.47 Å². The SMILES string of the molecule is CC(C)CN1C(=O)C(=O)N(CC(=O)NCc2ccc3c(c2)OCO3)C1=O. The smallest absolute Gasteiger partial charge is 0.334 e. The predicted molar refractivity (Wildman–Crippen MR) is 88.1 cm³/mol. The summed E-state index contributed by atoms with van der Waals surface area (Å²) in [6, 6.07) is 4.49. The highest BCUT2D eigenvalue weighted by Crippen LogP contribution is 2.32. The maximum Gasteiger partial charge on any atom is 0.334 e. The molecule has 26 heavy (non-hydrogen) atoms. The van der Waals surface area contributed by atoms with E-state index in [-0.39, 0.29) is 25.8 Å². The largest absolute Gasteiger partial charge is 0.454 e. The first-order chi connectivity index (χ1) is 12.4. The van der Waals surface area contributed by atoms with Crippen LogP contribution >= 0.6 is 0 Å². The fourth-order valence-electron chi connectivity index (χ4n) is 2.67. The highest BCUT2D eigenvalue weighted by atomic mass is 16.7. The molecular weight excluding hydrogens is 342 g/mol. The van der Waals surface area contributed by atoms with E-state index in [1.165, 1.54) is 0 Å². The van der Waals surface area contributed by atoms with Crippen LogP contribution in [0.2, 0.25) is 0 Å². The van der Waals surface area contributed by atoms with Gasteiger partial charge in [-0.3, -0.25) is 19.3 Å². The van der Waals surface area contributed by atoms with Crippen molar-refractivity contribution in [3.8, 4) is 11.5 Å². The first kappa shape index (κ1) is 17.7. The first-order valence-electron chi connectivity index (χ1n) is 8.19. The van der Waals surface area contributed by atoms with Gasteiger partial charge in [0.1, 0.15) is 6.54 Å². The van der Waals surface area contributed by atoms with Crippen LogP contribution in [0.1, 0.15) is 19.4 Å². The van der Waals surface area contributed by atoms with Crippen LogP contribution < -0.4 is 14.8 Å². The van der Waals surface area contributed by atoms with Crippen molar-refractivity contribution in [3.05, 3.63) is 23.8 Å². The lowest BCUT2D eigenvalue weighted by Gasteiger charge is -2.16. The van der Waals surface area contributed by atoms with Gasteiger partial charge in [0.25, 0.3) is 0 Å². The Balaban J connectivity index is 1.57. The van der Waals surface area contributed by atoms with Crippen LogP contribution in [-0.4, -0.2) is 53.4 Å². The van der Waals surface area contributed by atoms with Gasteiger partial charge >= 0.3 is 17.8 Å².